The number of nitrogens with zero attached hydrogens (tertiary/aromatic N) is 2. The number of aromatic nitrogens is 1. The molecule has 0 bridgehead atoms. The second-order valence-corrected chi connectivity index (χ2v) is 11.2. The Balaban J connectivity index is 1.88. The summed E-state index contributed by atoms with van der Waals surface area (Å²) < 4.78 is 18.5. The van der Waals surface area contributed by atoms with E-state index in [4.69, 9.17) is 14.2 Å². The van der Waals surface area contributed by atoms with Crippen LogP contribution in [0, 0.1) is 0 Å². The fourth-order valence-electron chi connectivity index (χ4n) is 4.35. The summed E-state index contributed by atoms with van der Waals surface area (Å²) in [5.74, 6) is 0.103. The zero-order valence-electron chi connectivity index (χ0n) is 22.5. The first-order valence-electron chi connectivity index (χ1n) is 12.6. The van der Waals surface area contributed by atoms with E-state index in [0.29, 0.717) is 48.9 Å². The molecule has 3 aromatic rings. The number of methoxy groups -OCH3 is 1. The van der Waals surface area contributed by atoms with Crippen LogP contribution in [0.3, 0.4) is 0 Å². The van der Waals surface area contributed by atoms with Crippen LogP contribution in [0.1, 0.15) is 56.3 Å². The van der Waals surface area contributed by atoms with E-state index in [2.05, 4.69) is 34.8 Å². The number of phenols is 1. The molecule has 0 saturated carbocycles. The number of aromatic hydroxyl groups is 1. The molecule has 1 atom stereocenters. The summed E-state index contributed by atoms with van der Waals surface area (Å²) in [6.07, 6.45) is 1.73. The van der Waals surface area contributed by atoms with Crippen molar-refractivity contribution >= 4 is 39.3 Å². The van der Waals surface area contributed by atoms with Gasteiger partial charge in [0.2, 0.25) is 0 Å². The summed E-state index contributed by atoms with van der Waals surface area (Å²) in [4.78, 5) is 32.3. The number of phenolic OH excluding ortho intramolecular Hbond substituents is 1. The highest BCUT2D eigenvalue weighted by Crippen LogP contribution is 2.36. The van der Waals surface area contributed by atoms with Gasteiger partial charge in [-0.15, -0.1) is 0 Å². The molecule has 1 aromatic heterocycles. The van der Waals surface area contributed by atoms with Crippen LogP contribution in [0.2, 0.25) is 0 Å². The number of thiazole rings is 1. The summed E-state index contributed by atoms with van der Waals surface area (Å²) in [5, 5.41) is 10.3. The minimum absolute atomic E-state index is 0.00689. The van der Waals surface area contributed by atoms with E-state index in [0.717, 1.165) is 11.1 Å². The number of ether oxygens (including phenoxy) is 3. The standard InChI is InChI=1S/C29H31BrN2O6S/c1-6-37-22-14-18(13-21(30)26(22)33)15-23-27(34)32-25(20-9-7-19(8-10-20)16(2)3)24(17(4)31-29(32)39-23)28(35)38-12-11-36-5/h7-10,13-16,25,33H,6,11-12H2,1-5H3. The minimum atomic E-state index is -0.704. The van der Waals surface area contributed by atoms with Gasteiger partial charge < -0.3 is 19.3 Å². The van der Waals surface area contributed by atoms with Crippen LogP contribution in [0.5, 0.6) is 11.5 Å². The monoisotopic (exact) mass is 614 g/mol. The molecule has 0 amide bonds. The van der Waals surface area contributed by atoms with E-state index >= 15 is 0 Å². The van der Waals surface area contributed by atoms with Crippen molar-refractivity contribution < 1.29 is 24.1 Å². The van der Waals surface area contributed by atoms with Crippen molar-refractivity contribution in [1.82, 2.24) is 4.57 Å². The predicted molar refractivity (Wildman–Crippen MR) is 154 cm³/mol. The summed E-state index contributed by atoms with van der Waals surface area (Å²) in [5.41, 5.74) is 3.13. The van der Waals surface area contributed by atoms with E-state index in [1.54, 1.807) is 29.7 Å². The second-order valence-electron chi connectivity index (χ2n) is 9.31. The van der Waals surface area contributed by atoms with Crippen molar-refractivity contribution in [3.63, 3.8) is 0 Å². The third kappa shape index (κ3) is 6.03. The minimum Gasteiger partial charge on any atom is -0.503 e. The van der Waals surface area contributed by atoms with E-state index in [1.807, 2.05) is 31.2 Å². The molecule has 2 heterocycles. The number of carbonyl (C=O) groups excluding carboxylic acids is 1. The molecule has 1 aliphatic rings. The van der Waals surface area contributed by atoms with Gasteiger partial charge in [0.05, 0.1) is 39.5 Å². The van der Waals surface area contributed by atoms with Crippen LogP contribution in [-0.4, -0.2) is 42.6 Å². The summed E-state index contributed by atoms with van der Waals surface area (Å²) in [6.45, 7) is 8.53. The van der Waals surface area contributed by atoms with E-state index in [9.17, 15) is 14.7 Å². The lowest BCUT2D eigenvalue weighted by molar-refractivity contribution is -0.140. The average Bonchev–Trinajstić information content (AvgIpc) is 3.20. The third-order valence-electron chi connectivity index (χ3n) is 6.33. The van der Waals surface area contributed by atoms with Crippen molar-refractivity contribution in [2.75, 3.05) is 26.9 Å². The second kappa shape index (κ2) is 12.3. The number of hydrogen-bond acceptors (Lipinski definition) is 8. The number of rotatable bonds is 9. The number of hydrogen-bond donors (Lipinski definition) is 1. The Morgan fingerprint density at radius 1 is 1.23 bits per heavy atom. The van der Waals surface area contributed by atoms with E-state index in [-0.39, 0.29) is 24.5 Å². The smallest absolute Gasteiger partial charge is 0.338 e. The van der Waals surface area contributed by atoms with Crippen LogP contribution in [0.4, 0.5) is 0 Å². The molecule has 39 heavy (non-hydrogen) atoms. The maximum absolute atomic E-state index is 13.9. The number of fused-ring (bicyclic) bond motifs is 1. The average molecular weight is 616 g/mol. The lowest BCUT2D eigenvalue weighted by Crippen LogP contribution is -2.40. The van der Waals surface area contributed by atoms with Gasteiger partial charge in [0, 0.05) is 7.11 Å². The first-order valence-corrected chi connectivity index (χ1v) is 14.2. The van der Waals surface area contributed by atoms with E-state index in [1.165, 1.54) is 18.4 Å². The molecule has 0 aliphatic carbocycles. The topological polar surface area (TPSA) is 99.4 Å². The first kappa shape index (κ1) is 28.8. The van der Waals surface area contributed by atoms with Crippen LogP contribution < -0.4 is 19.6 Å². The Morgan fingerprint density at radius 2 is 1.95 bits per heavy atom. The zero-order valence-corrected chi connectivity index (χ0v) is 24.9. The number of allylic oxidation sites excluding steroid dienone is 1. The fourth-order valence-corrected chi connectivity index (χ4v) is 5.86. The van der Waals surface area contributed by atoms with Gasteiger partial charge in [-0.25, -0.2) is 9.79 Å². The molecule has 0 fully saturated rings. The molecule has 0 saturated heterocycles. The Morgan fingerprint density at radius 3 is 2.59 bits per heavy atom. The highest BCUT2D eigenvalue weighted by molar-refractivity contribution is 9.10. The SMILES string of the molecule is CCOc1cc(C=c2sc3n(c2=O)C(c2ccc(C(C)C)cc2)C(C(=O)OCCOC)=C(C)N=3)cc(Br)c1O. The summed E-state index contributed by atoms with van der Waals surface area (Å²) >= 11 is 4.59. The van der Waals surface area contributed by atoms with Crippen molar-refractivity contribution in [3.05, 3.63) is 88.5 Å². The molecular weight excluding hydrogens is 584 g/mol. The largest absolute Gasteiger partial charge is 0.503 e. The van der Waals surface area contributed by atoms with Crippen molar-refractivity contribution in [2.45, 2.75) is 39.7 Å². The summed E-state index contributed by atoms with van der Waals surface area (Å²) in [6, 6.07) is 10.6. The van der Waals surface area contributed by atoms with E-state index < -0.39 is 12.0 Å². The molecule has 2 aromatic carbocycles. The maximum Gasteiger partial charge on any atom is 0.338 e. The molecule has 1 N–H and O–H groups in total. The number of esters is 1. The molecule has 8 nitrogen and oxygen atoms in total. The quantitative estimate of drug-likeness (QED) is 0.283. The maximum atomic E-state index is 13.9. The van der Waals surface area contributed by atoms with Gasteiger partial charge in [-0.2, -0.15) is 0 Å². The Bertz CT molecular complexity index is 1590. The zero-order chi connectivity index (χ0) is 28.3. The van der Waals surface area contributed by atoms with Crippen LogP contribution in [-0.2, 0) is 14.3 Å². The molecule has 10 heteroatoms. The van der Waals surface area contributed by atoms with Crippen LogP contribution >= 0.6 is 27.3 Å². The Hall–Kier alpha value is -3.21. The Kier molecular flexibility index (Phi) is 9.09. The molecule has 0 radical (unpaired) electrons. The first-order chi connectivity index (χ1) is 18.7. The van der Waals surface area contributed by atoms with Crippen LogP contribution in [0.15, 0.2) is 61.9 Å². The highest BCUT2D eigenvalue weighted by Gasteiger charge is 2.33. The fraction of sp³-hybridized carbons (Fsp3) is 0.345. The van der Waals surface area contributed by atoms with Gasteiger partial charge >= 0.3 is 5.97 Å². The van der Waals surface area contributed by atoms with Gasteiger partial charge in [-0.1, -0.05) is 49.4 Å². The number of halogens is 1. The van der Waals surface area contributed by atoms with Crippen molar-refractivity contribution in [2.24, 2.45) is 4.99 Å². The molecular formula is C29H31BrN2O6S. The third-order valence-corrected chi connectivity index (χ3v) is 7.92. The molecule has 206 valence electrons. The predicted octanol–water partition coefficient (Wildman–Crippen LogP) is 4.42. The van der Waals surface area contributed by atoms with Crippen molar-refractivity contribution in [1.29, 1.82) is 0 Å². The summed E-state index contributed by atoms with van der Waals surface area (Å²) in [7, 11) is 1.53. The molecule has 1 aliphatic heterocycles. The molecule has 1 unspecified atom stereocenters. The van der Waals surface area contributed by atoms with Crippen LogP contribution in [0.25, 0.3) is 6.08 Å². The van der Waals surface area contributed by atoms with Gasteiger partial charge in [0.25, 0.3) is 5.56 Å². The normalized spacial score (nSPS) is 15.4. The van der Waals surface area contributed by atoms with Gasteiger partial charge in [-0.3, -0.25) is 9.36 Å². The van der Waals surface area contributed by atoms with Gasteiger partial charge in [0.15, 0.2) is 16.3 Å². The molecule has 4 rings (SSSR count). The van der Waals surface area contributed by atoms with Gasteiger partial charge in [0.1, 0.15) is 6.61 Å². The lowest BCUT2D eigenvalue weighted by Gasteiger charge is -2.25. The number of carbonyl (C=O) groups is 1. The van der Waals surface area contributed by atoms with Gasteiger partial charge in [-0.05, 0) is 70.6 Å². The van der Waals surface area contributed by atoms with Crippen molar-refractivity contribution in [3.8, 4) is 11.5 Å². The molecule has 0 spiro atoms. The number of benzene rings is 2. The highest BCUT2D eigenvalue weighted by atomic mass is 79.9. The lowest BCUT2D eigenvalue weighted by atomic mass is 9.93. The Labute approximate surface area is 239 Å².